The van der Waals surface area contributed by atoms with Crippen LogP contribution in [0, 0.1) is 12.7 Å². The highest BCUT2D eigenvalue weighted by molar-refractivity contribution is 7.89. The lowest BCUT2D eigenvalue weighted by atomic mass is 10.1. The smallest absolute Gasteiger partial charge is 0.242 e. The number of aryl methyl sites for hydroxylation is 1. The van der Waals surface area contributed by atoms with Gasteiger partial charge in [0.15, 0.2) is 0 Å². The Kier molecular flexibility index (Phi) is 4.59. The second kappa shape index (κ2) is 6.24. The van der Waals surface area contributed by atoms with E-state index in [2.05, 4.69) is 4.72 Å². The molecule has 0 aromatic heterocycles. The molecule has 2 aromatic rings. The van der Waals surface area contributed by atoms with Crippen LogP contribution in [0.4, 0.5) is 10.1 Å². The summed E-state index contributed by atoms with van der Waals surface area (Å²) in [5.74, 6) is -0.564. The van der Waals surface area contributed by atoms with Crippen molar-refractivity contribution < 1.29 is 12.8 Å². The van der Waals surface area contributed by atoms with Gasteiger partial charge >= 0.3 is 0 Å². The predicted octanol–water partition coefficient (Wildman–Crippen LogP) is 2.24. The fourth-order valence-corrected chi connectivity index (χ4v) is 3.20. The van der Waals surface area contributed by atoms with Crippen LogP contribution in [-0.4, -0.2) is 15.0 Å². The number of hydrogen-bond donors (Lipinski definition) is 2. The molecule has 0 atom stereocenters. The average Bonchev–Trinajstić information content (AvgIpc) is 2.40. The van der Waals surface area contributed by atoms with Crippen LogP contribution in [0.1, 0.15) is 11.1 Å². The molecular weight excluding hydrogens is 291 g/mol. The maximum absolute atomic E-state index is 13.0. The third-order valence-electron chi connectivity index (χ3n) is 3.21. The van der Waals surface area contributed by atoms with E-state index in [1.54, 1.807) is 0 Å². The quantitative estimate of drug-likeness (QED) is 0.832. The van der Waals surface area contributed by atoms with Crippen LogP contribution >= 0.6 is 0 Å². The summed E-state index contributed by atoms with van der Waals surface area (Å²) in [6.07, 6.45) is 0.576. The van der Waals surface area contributed by atoms with E-state index in [4.69, 9.17) is 5.73 Å². The highest BCUT2D eigenvalue weighted by atomic mass is 32.2. The van der Waals surface area contributed by atoms with Gasteiger partial charge in [-0.05, 0) is 42.7 Å². The third-order valence-corrected chi connectivity index (χ3v) is 4.74. The SMILES string of the molecule is Cc1ccccc1CCNS(=O)(=O)c1ccc(F)cc1N. The zero-order valence-corrected chi connectivity index (χ0v) is 12.5. The Hall–Kier alpha value is -1.92. The summed E-state index contributed by atoms with van der Waals surface area (Å²) in [5, 5.41) is 0. The van der Waals surface area contributed by atoms with Gasteiger partial charge in [0, 0.05) is 6.54 Å². The van der Waals surface area contributed by atoms with Gasteiger partial charge in [-0.1, -0.05) is 24.3 Å². The third kappa shape index (κ3) is 3.80. The van der Waals surface area contributed by atoms with Crippen LogP contribution in [0.15, 0.2) is 47.4 Å². The number of nitrogen functional groups attached to an aromatic ring is 1. The van der Waals surface area contributed by atoms with Crippen LogP contribution in [0.5, 0.6) is 0 Å². The number of benzene rings is 2. The van der Waals surface area contributed by atoms with Crippen molar-refractivity contribution in [2.75, 3.05) is 12.3 Å². The molecule has 0 amide bonds. The minimum Gasteiger partial charge on any atom is -0.398 e. The lowest BCUT2D eigenvalue weighted by Gasteiger charge is -2.10. The van der Waals surface area contributed by atoms with E-state index < -0.39 is 15.8 Å². The molecule has 0 aliphatic heterocycles. The lowest BCUT2D eigenvalue weighted by molar-refractivity contribution is 0.581. The summed E-state index contributed by atoms with van der Waals surface area (Å²) in [6.45, 7) is 2.23. The maximum Gasteiger partial charge on any atom is 0.242 e. The average molecular weight is 308 g/mol. The Morgan fingerprint density at radius 2 is 1.90 bits per heavy atom. The summed E-state index contributed by atoms with van der Waals surface area (Å²) in [5.41, 5.74) is 7.64. The van der Waals surface area contributed by atoms with Crippen molar-refractivity contribution >= 4 is 15.7 Å². The molecule has 2 rings (SSSR count). The molecule has 2 aromatic carbocycles. The number of nitrogens with two attached hydrogens (primary N) is 1. The fourth-order valence-electron chi connectivity index (χ4n) is 2.05. The second-order valence-electron chi connectivity index (χ2n) is 4.76. The van der Waals surface area contributed by atoms with Crippen LogP contribution in [0.2, 0.25) is 0 Å². The first-order chi connectivity index (χ1) is 9.90. The predicted molar refractivity (Wildman–Crippen MR) is 80.9 cm³/mol. The van der Waals surface area contributed by atoms with Gasteiger partial charge in [0.25, 0.3) is 0 Å². The van der Waals surface area contributed by atoms with Gasteiger partial charge < -0.3 is 5.73 Å². The molecule has 3 N–H and O–H groups in total. The Labute approximate surface area is 123 Å². The molecule has 0 aliphatic carbocycles. The molecule has 0 saturated heterocycles. The van der Waals surface area contributed by atoms with Crippen LogP contribution in [0.3, 0.4) is 0 Å². The minimum absolute atomic E-state index is 0.0987. The van der Waals surface area contributed by atoms with Crippen LogP contribution < -0.4 is 10.5 Å². The minimum atomic E-state index is -3.73. The van der Waals surface area contributed by atoms with Crippen molar-refractivity contribution in [2.24, 2.45) is 0 Å². The Bertz CT molecular complexity index is 745. The van der Waals surface area contributed by atoms with E-state index in [-0.39, 0.29) is 17.1 Å². The number of rotatable bonds is 5. The van der Waals surface area contributed by atoms with Crippen molar-refractivity contribution in [3.05, 3.63) is 59.4 Å². The second-order valence-corrected chi connectivity index (χ2v) is 6.49. The zero-order chi connectivity index (χ0) is 15.5. The molecule has 0 saturated carbocycles. The number of nitrogens with one attached hydrogen (secondary N) is 1. The zero-order valence-electron chi connectivity index (χ0n) is 11.6. The van der Waals surface area contributed by atoms with E-state index in [9.17, 15) is 12.8 Å². The standard InChI is InChI=1S/C15H17FN2O2S/c1-11-4-2-3-5-12(11)8-9-18-21(19,20)15-7-6-13(16)10-14(15)17/h2-7,10,18H,8-9,17H2,1H3. The first-order valence-corrected chi connectivity index (χ1v) is 7.97. The Morgan fingerprint density at radius 1 is 1.19 bits per heavy atom. The van der Waals surface area contributed by atoms with Gasteiger partial charge in [0.1, 0.15) is 10.7 Å². The van der Waals surface area contributed by atoms with E-state index in [1.807, 2.05) is 31.2 Å². The van der Waals surface area contributed by atoms with Crippen molar-refractivity contribution in [1.82, 2.24) is 4.72 Å². The number of halogens is 1. The van der Waals surface area contributed by atoms with E-state index >= 15 is 0 Å². The Balaban J connectivity index is 2.07. The molecule has 6 heteroatoms. The topological polar surface area (TPSA) is 72.2 Å². The summed E-state index contributed by atoms with van der Waals surface area (Å²) < 4.78 is 39.7. The van der Waals surface area contributed by atoms with Gasteiger partial charge in [0.2, 0.25) is 10.0 Å². The molecule has 0 unspecified atom stereocenters. The summed E-state index contributed by atoms with van der Waals surface area (Å²) >= 11 is 0. The summed E-state index contributed by atoms with van der Waals surface area (Å²) in [7, 11) is -3.73. The molecule has 0 fully saturated rings. The van der Waals surface area contributed by atoms with Gasteiger partial charge in [-0.25, -0.2) is 17.5 Å². The van der Waals surface area contributed by atoms with Gasteiger partial charge in [-0.3, -0.25) is 0 Å². The highest BCUT2D eigenvalue weighted by Crippen LogP contribution is 2.19. The normalized spacial score (nSPS) is 11.5. The summed E-state index contributed by atoms with van der Waals surface area (Å²) in [4.78, 5) is -0.103. The van der Waals surface area contributed by atoms with E-state index in [0.717, 1.165) is 23.3 Å². The first-order valence-electron chi connectivity index (χ1n) is 6.49. The van der Waals surface area contributed by atoms with Gasteiger partial charge in [-0.15, -0.1) is 0 Å². The highest BCUT2D eigenvalue weighted by Gasteiger charge is 2.17. The number of anilines is 1. The molecule has 0 aliphatic rings. The van der Waals surface area contributed by atoms with E-state index in [1.165, 1.54) is 6.07 Å². The van der Waals surface area contributed by atoms with Crippen molar-refractivity contribution in [1.29, 1.82) is 0 Å². The molecule has 21 heavy (non-hydrogen) atoms. The van der Waals surface area contributed by atoms with Crippen molar-refractivity contribution in [3.8, 4) is 0 Å². The van der Waals surface area contributed by atoms with Crippen LogP contribution in [0.25, 0.3) is 0 Å². The first kappa shape index (κ1) is 15.5. The monoisotopic (exact) mass is 308 g/mol. The van der Waals surface area contributed by atoms with Crippen molar-refractivity contribution in [2.45, 2.75) is 18.2 Å². The molecule has 112 valence electrons. The number of sulfonamides is 1. The van der Waals surface area contributed by atoms with Crippen molar-refractivity contribution in [3.63, 3.8) is 0 Å². The fraction of sp³-hybridized carbons (Fsp3) is 0.200. The molecular formula is C15H17FN2O2S. The molecule has 4 nitrogen and oxygen atoms in total. The molecule has 0 spiro atoms. The van der Waals surface area contributed by atoms with Crippen LogP contribution in [-0.2, 0) is 16.4 Å². The molecule has 0 radical (unpaired) electrons. The molecule has 0 bridgehead atoms. The van der Waals surface area contributed by atoms with Gasteiger partial charge in [-0.2, -0.15) is 0 Å². The Morgan fingerprint density at radius 3 is 2.57 bits per heavy atom. The maximum atomic E-state index is 13.0. The molecule has 0 heterocycles. The number of hydrogen-bond acceptors (Lipinski definition) is 3. The largest absolute Gasteiger partial charge is 0.398 e. The lowest BCUT2D eigenvalue weighted by Crippen LogP contribution is -2.27. The van der Waals surface area contributed by atoms with E-state index in [0.29, 0.717) is 6.42 Å². The van der Waals surface area contributed by atoms with Gasteiger partial charge in [0.05, 0.1) is 5.69 Å². The summed E-state index contributed by atoms with van der Waals surface area (Å²) in [6, 6.07) is 11.0.